The van der Waals surface area contributed by atoms with Gasteiger partial charge < -0.3 is 5.11 Å². The molecule has 0 radical (unpaired) electrons. The van der Waals surface area contributed by atoms with Gasteiger partial charge in [-0.05, 0) is 98.2 Å². The first-order chi connectivity index (χ1) is 14.2. The number of ketones is 1. The Morgan fingerprint density at radius 1 is 1.07 bits per heavy atom. The molecule has 0 spiro atoms. The fourth-order valence-electron chi connectivity index (χ4n) is 8.23. The molecule has 0 aromatic rings. The fourth-order valence-corrected chi connectivity index (χ4v) is 8.23. The number of rotatable bonds is 8. The Balaban J connectivity index is 1.77. The van der Waals surface area contributed by atoms with Crippen LogP contribution in [0.1, 0.15) is 99.3 Å². The highest BCUT2D eigenvalue weighted by Crippen LogP contribution is 2.65. The zero-order valence-corrected chi connectivity index (χ0v) is 20.6. The summed E-state index contributed by atoms with van der Waals surface area (Å²) in [5.74, 6) is 5.36. The fraction of sp³-hybridized carbons (Fsp3) is 0.893. The number of aliphatic hydroxyl groups is 1. The van der Waals surface area contributed by atoms with Crippen LogP contribution in [0.25, 0.3) is 0 Å². The van der Waals surface area contributed by atoms with Crippen LogP contribution in [0.4, 0.5) is 0 Å². The van der Waals surface area contributed by atoms with E-state index >= 15 is 0 Å². The summed E-state index contributed by atoms with van der Waals surface area (Å²) in [4.78, 5) is 13.0. The molecule has 3 saturated carbocycles. The Morgan fingerprint density at radius 3 is 2.43 bits per heavy atom. The Morgan fingerprint density at radius 2 is 1.80 bits per heavy atom. The number of carbonyl (C=O) groups excluding carboxylic acids is 1. The first-order valence-electron chi connectivity index (χ1n) is 13.0. The molecule has 0 aromatic heterocycles. The van der Waals surface area contributed by atoms with Gasteiger partial charge in [-0.25, -0.2) is 0 Å². The van der Waals surface area contributed by atoms with E-state index in [4.69, 9.17) is 0 Å². The Labute approximate surface area is 186 Å². The summed E-state index contributed by atoms with van der Waals surface area (Å²) in [5.41, 5.74) is 0.241. The number of allylic oxidation sites excluding steroid dienone is 2. The molecule has 30 heavy (non-hydrogen) atoms. The van der Waals surface area contributed by atoms with E-state index in [9.17, 15) is 9.90 Å². The topological polar surface area (TPSA) is 37.3 Å². The van der Waals surface area contributed by atoms with Crippen LogP contribution < -0.4 is 0 Å². The molecule has 0 saturated heterocycles. The van der Waals surface area contributed by atoms with Crippen LogP contribution in [0.3, 0.4) is 0 Å². The van der Waals surface area contributed by atoms with Gasteiger partial charge in [0.05, 0.1) is 0 Å². The van der Waals surface area contributed by atoms with Crippen LogP contribution >= 0.6 is 0 Å². The molecule has 0 aliphatic heterocycles. The lowest BCUT2D eigenvalue weighted by molar-refractivity contribution is -0.146. The molecule has 0 aromatic carbocycles. The van der Waals surface area contributed by atoms with E-state index in [0.29, 0.717) is 34.9 Å². The van der Waals surface area contributed by atoms with Crippen molar-refractivity contribution in [1.82, 2.24) is 0 Å². The van der Waals surface area contributed by atoms with Crippen molar-refractivity contribution >= 4 is 5.78 Å². The summed E-state index contributed by atoms with van der Waals surface area (Å²) in [6, 6.07) is 0. The van der Waals surface area contributed by atoms with Gasteiger partial charge in [-0.2, -0.15) is 0 Å². The molecule has 1 N–H and O–H groups in total. The van der Waals surface area contributed by atoms with Crippen LogP contribution in [0.2, 0.25) is 0 Å². The molecule has 0 bridgehead atoms. The van der Waals surface area contributed by atoms with Crippen molar-refractivity contribution in [3.63, 3.8) is 0 Å². The minimum Gasteiger partial charge on any atom is -0.396 e. The van der Waals surface area contributed by atoms with Crippen molar-refractivity contribution in [3.05, 3.63) is 12.2 Å². The van der Waals surface area contributed by atoms with E-state index in [1.807, 2.05) is 0 Å². The maximum Gasteiger partial charge on any atom is 0.139 e. The van der Waals surface area contributed by atoms with E-state index in [1.165, 1.54) is 32.1 Å². The van der Waals surface area contributed by atoms with Crippen LogP contribution in [0.15, 0.2) is 12.2 Å². The standard InChI is InChI=1S/C28H48O2/c1-7-21(19(2)3)10-9-20(4)23-12-13-24-22-11-14-26(30)28(6,16-8-18-29)25(22)15-17-27(23,24)5/h9-10,19-25,29H,7-8,11-18H2,1-6H3/b10-9+/t20-,21?,22+,23-,24+,25+,27-,28-/m1/s1. The molecule has 2 heteroatoms. The van der Waals surface area contributed by atoms with Crippen LogP contribution in [0, 0.1) is 52.3 Å². The Hall–Kier alpha value is -0.630. The average Bonchev–Trinajstić information content (AvgIpc) is 3.06. The summed E-state index contributed by atoms with van der Waals surface area (Å²) < 4.78 is 0. The number of hydrogen-bond donors (Lipinski definition) is 1. The first-order valence-corrected chi connectivity index (χ1v) is 13.0. The van der Waals surface area contributed by atoms with E-state index in [-0.39, 0.29) is 12.0 Å². The van der Waals surface area contributed by atoms with Gasteiger partial charge in [0.2, 0.25) is 0 Å². The SMILES string of the molecule is CCC(/C=C/[C@@H](C)[C@H]1CC[C@H]2[C@@H]3CCC(=O)[C@](C)(CCCO)[C@H]3CC[C@]12C)C(C)C. The second-order valence-corrected chi connectivity index (χ2v) is 11.9. The van der Waals surface area contributed by atoms with Gasteiger partial charge >= 0.3 is 0 Å². The van der Waals surface area contributed by atoms with Crippen molar-refractivity contribution < 1.29 is 9.90 Å². The monoisotopic (exact) mass is 416 g/mol. The summed E-state index contributed by atoms with van der Waals surface area (Å²) in [6.07, 6.45) is 15.0. The molecular formula is C28H48O2. The van der Waals surface area contributed by atoms with Gasteiger partial charge in [-0.15, -0.1) is 0 Å². The molecule has 3 fully saturated rings. The minimum absolute atomic E-state index is 0.192. The highest BCUT2D eigenvalue weighted by Gasteiger charge is 2.59. The molecule has 0 heterocycles. The summed E-state index contributed by atoms with van der Waals surface area (Å²) in [5, 5.41) is 9.40. The second-order valence-electron chi connectivity index (χ2n) is 11.9. The number of Topliss-reactive ketones (excluding diaryl/α,β-unsaturated/α-hetero) is 1. The molecule has 3 aliphatic carbocycles. The quantitative estimate of drug-likeness (QED) is 0.430. The number of carbonyl (C=O) groups is 1. The summed E-state index contributed by atoms with van der Waals surface area (Å²) in [6.45, 7) is 14.5. The average molecular weight is 417 g/mol. The predicted octanol–water partition coefficient (Wildman–Crippen LogP) is 7.06. The lowest BCUT2D eigenvalue weighted by atomic mass is 9.48. The number of fused-ring (bicyclic) bond motifs is 3. The van der Waals surface area contributed by atoms with Crippen LogP contribution in [-0.4, -0.2) is 17.5 Å². The van der Waals surface area contributed by atoms with Crippen molar-refractivity contribution in [3.8, 4) is 0 Å². The van der Waals surface area contributed by atoms with Gasteiger partial charge in [0, 0.05) is 18.4 Å². The van der Waals surface area contributed by atoms with E-state index in [1.54, 1.807) is 0 Å². The van der Waals surface area contributed by atoms with Gasteiger partial charge in [-0.3, -0.25) is 4.79 Å². The summed E-state index contributed by atoms with van der Waals surface area (Å²) >= 11 is 0. The van der Waals surface area contributed by atoms with Gasteiger partial charge in [-0.1, -0.05) is 53.7 Å². The molecule has 1 unspecified atom stereocenters. The van der Waals surface area contributed by atoms with E-state index < -0.39 is 0 Å². The normalized spacial score (nSPS) is 41.1. The summed E-state index contributed by atoms with van der Waals surface area (Å²) in [7, 11) is 0. The van der Waals surface area contributed by atoms with Crippen molar-refractivity contribution in [2.45, 2.75) is 99.3 Å². The maximum absolute atomic E-state index is 13.0. The van der Waals surface area contributed by atoms with Gasteiger partial charge in [0.25, 0.3) is 0 Å². The van der Waals surface area contributed by atoms with Gasteiger partial charge in [0.15, 0.2) is 0 Å². The van der Waals surface area contributed by atoms with Crippen molar-refractivity contribution in [2.24, 2.45) is 52.3 Å². The third kappa shape index (κ3) is 4.19. The highest BCUT2D eigenvalue weighted by atomic mass is 16.3. The molecule has 172 valence electrons. The molecule has 3 rings (SSSR count). The first kappa shape index (κ1) is 24.0. The van der Waals surface area contributed by atoms with Crippen LogP contribution in [0.5, 0.6) is 0 Å². The zero-order valence-electron chi connectivity index (χ0n) is 20.6. The Bertz CT molecular complexity index is 622. The van der Waals surface area contributed by atoms with Crippen molar-refractivity contribution in [2.75, 3.05) is 6.61 Å². The molecule has 0 amide bonds. The van der Waals surface area contributed by atoms with E-state index in [2.05, 4.69) is 53.7 Å². The molecular weight excluding hydrogens is 368 g/mol. The lowest BCUT2D eigenvalue weighted by Crippen LogP contribution is -2.52. The largest absolute Gasteiger partial charge is 0.396 e. The second kappa shape index (κ2) is 9.47. The molecule has 2 nitrogen and oxygen atoms in total. The minimum atomic E-state index is -0.192. The predicted molar refractivity (Wildman–Crippen MR) is 126 cm³/mol. The van der Waals surface area contributed by atoms with Gasteiger partial charge in [0.1, 0.15) is 5.78 Å². The molecule has 8 atom stereocenters. The smallest absolute Gasteiger partial charge is 0.139 e. The third-order valence-electron chi connectivity index (χ3n) is 10.1. The maximum atomic E-state index is 13.0. The third-order valence-corrected chi connectivity index (χ3v) is 10.1. The lowest BCUT2D eigenvalue weighted by Gasteiger charge is -2.56. The van der Waals surface area contributed by atoms with Crippen molar-refractivity contribution in [1.29, 1.82) is 0 Å². The zero-order chi connectivity index (χ0) is 22.1. The number of hydrogen-bond acceptors (Lipinski definition) is 2. The Kier molecular flexibility index (Phi) is 7.58. The highest BCUT2D eigenvalue weighted by molar-refractivity contribution is 5.85. The molecule has 3 aliphatic rings. The number of aliphatic hydroxyl groups excluding tert-OH is 1. The van der Waals surface area contributed by atoms with E-state index in [0.717, 1.165) is 43.4 Å². The van der Waals surface area contributed by atoms with Crippen LogP contribution in [-0.2, 0) is 4.79 Å².